The van der Waals surface area contributed by atoms with E-state index in [1.807, 2.05) is 0 Å². The predicted molar refractivity (Wildman–Crippen MR) is 68.3 cm³/mol. The van der Waals surface area contributed by atoms with E-state index in [4.69, 9.17) is 0 Å². The Balaban J connectivity index is 1.89. The van der Waals surface area contributed by atoms with Crippen molar-refractivity contribution in [3.63, 3.8) is 0 Å². The van der Waals surface area contributed by atoms with Gasteiger partial charge in [-0.1, -0.05) is 6.92 Å². The Morgan fingerprint density at radius 1 is 1.56 bits per heavy atom. The second-order valence-corrected chi connectivity index (χ2v) is 4.87. The minimum atomic E-state index is -0.121. The van der Waals surface area contributed by atoms with Gasteiger partial charge in [-0.15, -0.1) is 0 Å². The van der Waals surface area contributed by atoms with Crippen molar-refractivity contribution in [2.24, 2.45) is 0 Å². The van der Waals surface area contributed by atoms with Gasteiger partial charge in [0.25, 0.3) is 5.91 Å². The molecule has 1 aliphatic rings. The number of aryl methyl sites for hydroxylation is 1. The van der Waals surface area contributed by atoms with Crippen molar-refractivity contribution in [1.29, 1.82) is 0 Å². The van der Waals surface area contributed by atoms with Gasteiger partial charge in [0.15, 0.2) is 5.69 Å². The van der Waals surface area contributed by atoms with Gasteiger partial charge in [0.2, 0.25) is 0 Å². The third-order valence-electron chi connectivity index (χ3n) is 3.32. The van der Waals surface area contributed by atoms with Gasteiger partial charge in [-0.3, -0.25) is 4.79 Å². The summed E-state index contributed by atoms with van der Waals surface area (Å²) in [5, 5.41) is 13.3. The van der Waals surface area contributed by atoms with E-state index >= 15 is 0 Å². The molecule has 1 fully saturated rings. The van der Waals surface area contributed by atoms with Crippen LogP contribution in [0.4, 0.5) is 0 Å². The molecule has 1 aliphatic heterocycles. The van der Waals surface area contributed by atoms with Crippen LogP contribution in [0.25, 0.3) is 0 Å². The van der Waals surface area contributed by atoms with Crippen molar-refractivity contribution in [3.8, 4) is 0 Å². The molecule has 1 saturated heterocycles. The van der Waals surface area contributed by atoms with E-state index in [0.29, 0.717) is 11.4 Å². The van der Waals surface area contributed by atoms with Crippen molar-refractivity contribution >= 4 is 5.91 Å². The van der Waals surface area contributed by atoms with Crippen LogP contribution in [-0.4, -0.2) is 51.9 Å². The Kier molecular flexibility index (Phi) is 4.30. The number of likely N-dealkylation sites (tertiary alicyclic amines) is 1. The van der Waals surface area contributed by atoms with Crippen LogP contribution in [0.3, 0.4) is 0 Å². The van der Waals surface area contributed by atoms with Crippen LogP contribution in [-0.2, 0) is 0 Å². The molecule has 0 saturated carbocycles. The molecule has 1 aromatic heterocycles. The lowest BCUT2D eigenvalue weighted by atomic mass is 10.1. The molecule has 0 aliphatic carbocycles. The van der Waals surface area contributed by atoms with Crippen LogP contribution in [0.15, 0.2) is 0 Å². The van der Waals surface area contributed by atoms with Gasteiger partial charge < -0.3 is 10.2 Å². The Morgan fingerprint density at radius 3 is 3.06 bits per heavy atom. The largest absolute Gasteiger partial charge is 0.347 e. The molecule has 2 heterocycles. The molecular formula is C12H21N5O. The second kappa shape index (κ2) is 5.95. The first kappa shape index (κ1) is 13.0. The highest BCUT2D eigenvalue weighted by Crippen LogP contribution is 2.11. The Hall–Kier alpha value is -1.43. The van der Waals surface area contributed by atoms with E-state index in [1.54, 1.807) is 6.92 Å². The van der Waals surface area contributed by atoms with Crippen molar-refractivity contribution in [2.45, 2.75) is 39.2 Å². The average Bonchev–Trinajstić information content (AvgIpc) is 2.76. The van der Waals surface area contributed by atoms with Crippen LogP contribution < -0.4 is 5.32 Å². The summed E-state index contributed by atoms with van der Waals surface area (Å²) in [5.41, 5.74) is 1.05. The smallest absolute Gasteiger partial charge is 0.274 e. The predicted octanol–water partition coefficient (Wildman–Crippen LogP) is 0.717. The lowest BCUT2D eigenvalue weighted by molar-refractivity contribution is 0.0898. The van der Waals surface area contributed by atoms with Crippen LogP contribution >= 0.6 is 0 Å². The van der Waals surface area contributed by atoms with Crippen LogP contribution in [0.2, 0.25) is 0 Å². The minimum Gasteiger partial charge on any atom is -0.347 e. The summed E-state index contributed by atoms with van der Waals surface area (Å²) in [6, 6.07) is 0.230. The maximum absolute atomic E-state index is 12.0. The summed E-state index contributed by atoms with van der Waals surface area (Å²) in [6.45, 7) is 7.15. The number of carbonyl (C=O) groups is 1. The molecule has 100 valence electrons. The fraction of sp³-hybridized carbons (Fsp3) is 0.750. The topological polar surface area (TPSA) is 73.9 Å². The number of rotatable bonds is 4. The molecular weight excluding hydrogens is 230 g/mol. The van der Waals surface area contributed by atoms with Crippen LogP contribution in [0, 0.1) is 6.92 Å². The first-order valence-corrected chi connectivity index (χ1v) is 6.61. The lowest BCUT2D eigenvalue weighted by Gasteiger charge is -2.32. The van der Waals surface area contributed by atoms with E-state index in [9.17, 15) is 4.79 Å². The third kappa shape index (κ3) is 3.07. The van der Waals surface area contributed by atoms with Crippen LogP contribution in [0.1, 0.15) is 42.4 Å². The number of amides is 1. The molecule has 6 heteroatoms. The maximum Gasteiger partial charge on any atom is 0.274 e. The molecule has 0 unspecified atom stereocenters. The molecule has 18 heavy (non-hydrogen) atoms. The lowest BCUT2D eigenvalue weighted by Crippen LogP contribution is -2.48. The Morgan fingerprint density at radius 2 is 2.39 bits per heavy atom. The number of nitrogens with one attached hydrogen (secondary N) is 2. The van der Waals surface area contributed by atoms with Gasteiger partial charge in [0.1, 0.15) is 0 Å². The van der Waals surface area contributed by atoms with Gasteiger partial charge in [-0.25, -0.2) is 0 Å². The van der Waals surface area contributed by atoms with Crippen molar-refractivity contribution in [2.75, 3.05) is 19.6 Å². The highest BCUT2D eigenvalue weighted by molar-refractivity contribution is 5.93. The fourth-order valence-corrected chi connectivity index (χ4v) is 2.45. The molecule has 0 aromatic carbocycles. The first-order valence-electron chi connectivity index (χ1n) is 6.61. The van der Waals surface area contributed by atoms with Gasteiger partial charge >= 0.3 is 0 Å². The van der Waals surface area contributed by atoms with Gasteiger partial charge in [-0.05, 0) is 39.3 Å². The summed E-state index contributed by atoms with van der Waals surface area (Å²) in [5.74, 6) is -0.121. The summed E-state index contributed by atoms with van der Waals surface area (Å²) >= 11 is 0. The summed E-state index contributed by atoms with van der Waals surface area (Å²) in [4.78, 5) is 14.4. The number of hydrogen-bond donors (Lipinski definition) is 2. The van der Waals surface area contributed by atoms with Crippen molar-refractivity contribution < 1.29 is 4.79 Å². The molecule has 1 atom stereocenters. The molecule has 2 N–H and O–H groups in total. The van der Waals surface area contributed by atoms with E-state index in [0.717, 1.165) is 38.9 Å². The second-order valence-electron chi connectivity index (χ2n) is 4.87. The number of nitrogens with zero attached hydrogens (tertiary/aromatic N) is 3. The molecule has 2 rings (SSSR count). The molecule has 0 bridgehead atoms. The molecule has 6 nitrogen and oxygen atoms in total. The summed E-state index contributed by atoms with van der Waals surface area (Å²) in [7, 11) is 0. The Labute approximate surface area is 107 Å². The zero-order chi connectivity index (χ0) is 13.0. The maximum atomic E-state index is 12.0. The first-order chi connectivity index (χ1) is 8.70. The van der Waals surface area contributed by atoms with E-state index in [1.165, 1.54) is 0 Å². The van der Waals surface area contributed by atoms with Crippen molar-refractivity contribution in [3.05, 3.63) is 11.4 Å². The third-order valence-corrected chi connectivity index (χ3v) is 3.32. The molecule has 1 amide bonds. The normalized spacial score (nSPS) is 20.9. The number of piperidine rings is 1. The van der Waals surface area contributed by atoms with E-state index in [2.05, 4.69) is 32.6 Å². The van der Waals surface area contributed by atoms with Crippen LogP contribution in [0.5, 0.6) is 0 Å². The fourth-order valence-electron chi connectivity index (χ4n) is 2.45. The number of H-pyrrole nitrogens is 1. The highest BCUT2D eigenvalue weighted by atomic mass is 16.2. The van der Waals surface area contributed by atoms with Gasteiger partial charge in [-0.2, -0.15) is 15.4 Å². The molecule has 0 radical (unpaired) electrons. The van der Waals surface area contributed by atoms with E-state index in [-0.39, 0.29) is 11.9 Å². The molecule has 0 spiro atoms. The molecule has 1 aromatic rings. The van der Waals surface area contributed by atoms with E-state index < -0.39 is 0 Å². The van der Waals surface area contributed by atoms with Crippen molar-refractivity contribution in [1.82, 2.24) is 25.6 Å². The summed E-state index contributed by atoms with van der Waals surface area (Å²) < 4.78 is 0. The highest BCUT2D eigenvalue weighted by Gasteiger charge is 2.22. The number of carbonyl (C=O) groups excluding carboxylic acids is 1. The summed E-state index contributed by atoms with van der Waals surface area (Å²) in [6.07, 6.45) is 3.34. The zero-order valence-electron chi connectivity index (χ0n) is 11.1. The monoisotopic (exact) mass is 251 g/mol. The number of aromatic nitrogens is 3. The SMILES string of the molecule is CCCN1CCC[C@H](NC(=O)c2n[nH]nc2C)C1. The number of aromatic amines is 1. The quantitative estimate of drug-likeness (QED) is 0.827. The Bertz CT molecular complexity index is 401. The zero-order valence-corrected chi connectivity index (χ0v) is 11.1. The average molecular weight is 251 g/mol. The standard InChI is InChI=1S/C12H21N5O/c1-3-6-17-7-4-5-10(8-17)13-12(18)11-9(2)14-16-15-11/h10H,3-8H2,1-2H3,(H,13,18)(H,14,15,16)/t10-/m0/s1. The minimum absolute atomic E-state index is 0.121. The van der Waals surface area contributed by atoms with Gasteiger partial charge in [0.05, 0.1) is 5.69 Å². The number of hydrogen-bond acceptors (Lipinski definition) is 4. The van der Waals surface area contributed by atoms with Gasteiger partial charge in [0, 0.05) is 12.6 Å².